The Bertz CT molecular complexity index is 655. The normalized spacial score (nSPS) is 22.4. The van der Waals surface area contributed by atoms with Crippen LogP contribution in [0, 0.1) is 5.92 Å². The Morgan fingerprint density at radius 1 is 1.24 bits per heavy atom. The number of guanidine groups is 1. The van der Waals surface area contributed by atoms with Crippen LogP contribution >= 0.6 is 24.0 Å². The zero-order valence-electron chi connectivity index (χ0n) is 17.7. The van der Waals surface area contributed by atoms with E-state index < -0.39 is 0 Å². The SMILES string of the molecule is CCNC(=NCCC(=O)OC)N1CCC2C(CCCN2Cc2ccccc2)C1.I. The molecule has 0 saturated carbocycles. The molecule has 2 atom stereocenters. The number of ether oxygens (including phenoxy) is 1. The van der Waals surface area contributed by atoms with E-state index in [0.717, 1.165) is 32.1 Å². The topological polar surface area (TPSA) is 57.2 Å². The summed E-state index contributed by atoms with van der Waals surface area (Å²) in [4.78, 5) is 21.1. The van der Waals surface area contributed by atoms with Crippen LogP contribution in [0.1, 0.15) is 38.2 Å². The lowest BCUT2D eigenvalue weighted by molar-refractivity contribution is -0.140. The molecule has 1 aromatic carbocycles. The molecule has 29 heavy (non-hydrogen) atoms. The van der Waals surface area contributed by atoms with Crippen LogP contribution in [-0.2, 0) is 16.1 Å². The fourth-order valence-electron chi connectivity index (χ4n) is 4.49. The standard InChI is InChI=1S/C22H34N4O2.HI/c1-3-23-22(24-13-11-21(27)28-2)26-15-12-20-19(17-26)10-7-14-25(20)16-18-8-5-4-6-9-18;/h4-6,8-9,19-20H,3,7,10-17H2,1-2H3,(H,23,24);1H. The lowest BCUT2D eigenvalue weighted by Crippen LogP contribution is -2.56. The molecule has 0 spiro atoms. The minimum Gasteiger partial charge on any atom is -0.469 e. The molecule has 2 unspecified atom stereocenters. The number of methoxy groups -OCH3 is 1. The van der Waals surface area contributed by atoms with Crippen molar-refractivity contribution in [3.05, 3.63) is 35.9 Å². The molecule has 7 heteroatoms. The quantitative estimate of drug-likeness (QED) is 0.274. The van der Waals surface area contributed by atoms with Crippen molar-refractivity contribution in [2.45, 2.75) is 45.2 Å². The summed E-state index contributed by atoms with van der Waals surface area (Å²) in [5.41, 5.74) is 1.41. The van der Waals surface area contributed by atoms with E-state index >= 15 is 0 Å². The molecule has 0 aliphatic carbocycles. The second-order valence-corrected chi connectivity index (χ2v) is 7.72. The molecule has 0 amide bonds. The van der Waals surface area contributed by atoms with Crippen LogP contribution in [0.15, 0.2) is 35.3 Å². The van der Waals surface area contributed by atoms with Crippen LogP contribution in [-0.4, -0.2) is 67.6 Å². The largest absolute Gasteiger partial charge is 0.469 e. The number of carbonyl (C=O) groups is 1. The molecule has 2 aliphatic rings. The highest BCUT2D eigenvalue weighted by molar-refractivity contribution is 14.0. The molecule has 1 N–H and O–H groups in total. The van der Waals surface area contributed by atoms with Gasteiger partial charge < -0.3 is 15.0 Å². The van der Waals surface area contributed by atoms with Crippen molar-refractivity contribution in [1.82, 2.24) is 15.1 Å². The minimum absolute atomic E-state index is 0. The molecule has 0 radical (unpaired) electrons. The monoisotopic (exact) mass is 514 g/mol. The number of halogens is 1. The number of nitrogens with one attached hydrogen (secondary N) is 1. The third-order valence-electron chi connectivity index (χ3n) is 5.85. The Morgan fingerprint density at radius 2 is 2.03 bits per heavy atom. The Morgan fingerprint density at radius 3 is 2.76 bits per heavy atom. The first kappa shape index (κ1) is 23.9. The summed E-state index contributed by atoms with van der Waals surface area (Å²) in [5.74, 6) is 1.41. The number of aliphatic imine (C=N–C) groups is 1. The van der Waals surface area contributed by atoms with Gasteiger partial charge in [-0.3, -0.25) is 14.7 Å². The van der Waals surface area contributed by atoms with Crippen LogP contribution in [0.5, 0.6) is 0 Å². The van der Waals surface area contributed by atoms with Crippen molar-refractivity contribution >= 4 is 35.9 Å². The number of rotatable bonds is 6. The minimum atomic E-state index is -0.206. The second-order valence-electron chi connectivity index (χ2n) is 7.72. The van der Waals surface area contributed by atoms with Crippen LogP contribution in [0.4, 0.5) is 0 Å². The molecular weight excluding hydrogens is 479 g/mol. The predicted molar refractivity (Wildman–Crippen MR) is 128 cm³/mol. The number of hydrogen-bond acceptors (Lipinski definition) is 4. The summed E-state index contributed by atoms with van der Waals surface area (Å²) in [6.07, 6.45) is 4.04. The van der Waals surface area contributed by atoms with Gasteiger partial charge in [-0.05, 0) is 44.2 Å². The van der Waals surface area contributed by atoms with E-state index in [0.29, 0.717) is 24.9 Å². The van der Waals surface area contributed by atoms with E-state index in [9.17, 15) is 4.79 Å². The highest BCUT2D eigenvalue weighted by atomic mass is 127. The summed E-state index contributed by atoms with van der Waals surface area (Å²) in [6, 6.07) is 11.5. The number of piperidine rings is 2. The number of fused-ring (bicyclic) bond motifs is 1. The Hall–Kier alpha value is -1.35. The molecule has 0 aromatic heterocycles. The van der Waals surface area contributed by atoms with Gasteiger partial charge in [0.25, 0.3) is 0 Å². The average Bonchev–Trinajstić information content (AvgIpc) is 2.73. The Balaban J connectivity index is 0.00000300. The molecule has 0 bridgehead atoms. The van der Waals surface area contributed by atoms with Gasteiger partial charge in [0, 0.05) is 32.2 Å². The van der Waals surface area contributed by atoms with E-state index in [4.69, 9.17) is 4.74 Å². The van der Waals surface area contributed by atoms with Crippen molar-refractivity contribution in [3.8, 4) is 0 Å². The lowest BCUT2D eigenvalue weighted by Gasteiger charge is -2.48. The van der Waals surface area contributed by atoms with Gasteiger partial charge in [-0.2, -0.15) is 0 Å². The molecule has 2 aliphatic heterocycles. The summed E-state index contributed by atoms with van der Waals surface area (Å²) >= 11 is 0. The van der Waals surface area contributed by atoms with Crippen molar-refractivity contribution < 1.29 is 9.53 Å². The molecule has 6 nitrogen and oxygen atoms in total. The van der Waals surface area contributed by atoms with Crippen molar-refractivity contribution in [2.75, 3.05) is 39.8 Å². The Kier molecular flexibility index (Phi) is 10.2. The first-order valence-corrected chi connectivity index (χ1v) is 10.6. The van der Waals surface area contributed by atoms with Gasteiger partial charge in [0.1, 0.15) is 0 Å². The van der Waals surface area contributed by atoms with Crippen molar-refractivity contribution in [1.29, 1.82) is 0 Å². The molecule has 2 heterocycles. The summed E-state index contributed by atoms with van der Waals surface area (Å²) in [7, 11) is 1.42. The number of esters is 1. The van der Waals surface area contributed by atoms with Gasteiger partial charge in [0.05, 0.1) is 20.1 Å². The van der Waals surface area contributed by atoms with E-state index in [1.807, 2.05) is 0 Å². The first-order valence-electron chi connectivity index (χ1n) is 10.6. The molecule has 2 fully saturated rings. The van der Waals surface area contributed by atoms with Gasteiger partial charge in [-0.25, -0.2) is 0 Å². The fraction of sp³-hybridized carbons (Fsp3) is 0.636. The Labute approximate surface area is 192 Å². The second kappa shape index (κ2) is 12.4. The maximum absolute atomic E-state index is 11.4. The smallest absolute Gasteiger partial charge is 0.307 e. The van der Waals surface area contributed by atoms with Crippen molar-refractivity contribution in [2.24, 2.45) is 10.9 Å². The third-order valence-corrected chi connectivity index (χ3v) is 5.85. The highest BCUT2D eigenvalue weighted by Gasteiger charge is 2.36. The van der Waals surface area contributed by atoms with E-state index in [-0.39, 0.29) is 29.9 Å². The number of likely N-dealkylation sites (tertiary alicyclic amines) is 2. The zero-order valence-corrected chi connectivity index (χ0v) is 20.0. The van der Waals surface area contributed by atoms with Crippen LogP contribution in [0.2, 0.25) is 0 Å². The van der Waals surface area contributed by atoms with Gasteiger partial charge in [-0.1, -0.05) is 30.3 Å². The summed E-state index contributed by atoms with van der Waals surface area (Å²) in [6.45, 7) is 7.70. The van der Waals surface area contributed by atoms with E-state index in [2.05, 4.69) is 57.4 Å². The molecule has 162 valence electrons. The molecule has 1 aromatic rings. The summed E-state index contributed by atoms with van der Waals surface area (Å²) in [5, 5.41) is 3.40. The van der Waals surface area contributed by atoms with Crippen LogP contribution < -0.4 is 5.32 Å². The van der Waals surface area contributed by atoms with E-state index in [1.54, 1.807) is 0 Å². The van der Waals surface area contributed by atoms with Gasteiger partial charge in [0.2, 0.25) is 0 Å². The van der Waals surface area contributed by atoms with Crippen molar-refractivity contribution in [3.63, 3.8) is 0 Å². The maximum Gasteiger partial charge on any atom is 0.307 e. The highest BCUT2D eigenvalue weighted by Crippen LogP contribution is 2.31. The van der Waals surface area contributed by atoms with Gasteiger partial charge in [0.15, 0.2) is 5.96 Å². The van der Waals surface area contributed by atoms with Crippen LogP contribution in [0.3, 0.4) is 0 Å². The molecule has 3 rings (SSSR count). The van der Waals surface area contributed by atoms with Gasteiger partial charge >= 0.3 is 5.97 Å². The maximum atomic E-state index is 11.4. The number of hydrogen-bond donors (Lipinski definition) is 1. The number of nitrogens with zero attached hydrogens (tertiary/aromatic N) is 3. The number of benzene rings is 1. The zero-order chi connectivity index (χ0) is 19.8. The first-order chi connectivity index (χ1) is 13.7. The van der Waals surface area contributed by atoms with Crippen LogP contribution in [0.25, 0.3) is 0 Å². The number of carbonyl (C=O) groups excluding carboxylic acids is 1. The fourth-order valence-corrected chi connectivity index (χ4v) is 4.49. The van der Waals surface area contributed by atoms with E-state index in [1.165, 1.54) is 38.5 Å². The third kappa shape index (κ3) is 6.84. The predicted octanol–water partition coefficient (Wildman–Crippen LogP) is 3.12. The summed E-state index contributed by atoms with van der Waals surface area (Å²) < 4.78 is 4.72. The lowest BCUT2D eigenvalue weighted by atomic mass is 9.83. The molecule has 2 saturated heterocycles. The molecular formula is C22H35IN4O2. The average molecular weight is 514 g/mol. The van der Waals surface area contributed by atoms with Gasteiger partial charge in [-0.15, -0.1) is 24.0 Å².